The summed E-state index contributed by atoms with van der Waals surface area (Å²) >= 11 is 0. The molecule has 1 N–H and O–H groups in total. The Hall–Kier alpha value is -2.35. The van der Waals surface area contributed by atoms with E-state index in [0.29, 0.717) is 0 Å². The fraction of sp³-hybridized carbons (Fsp3) is 0.286. The molecule has 0 unspecified atom stereocenters. The summed E-state index contributed by atoms with van der Waals surface area (Å²) in [5.74, 6) is 0. The lowest BCUT2D eigenvalue weighted by Gasteiger charge is -2.02. The molecule has 0 saturated heterocycles. The fourth-order valence-corrected chi connectivity index (χ4v) is 3.05. The molecule has 118 valence electrons. The number of hydrogen-bond acceptors (Lipinski definition) is 1. The zero-order chi connectivity index (χ0) is 16.2. The quantitative estimate of drug-likeness (QED) is 0.595. The Balaban J connectivity index is 2.07. The number of carbonyl (C=O) groups is 1. The van der Waals surface area contributed by atoms with Crippen molar-refractivity contribution in [2.45, 2.75) is 39.5 Å². The van der Waals surface area contributed by atoms with E-state index in [-0.39, 0.29) is 0 Å². The van der Waals surface area contributed by atoms with Crippen LogP contribution in [0.3, 0.4) is 0 Å². The van der Waals surface area contributed by atoms with Crippen molar-refractivity contribution in [2.24, 2.45) is 0 Å². The van der Waals surface area contributed by atoms with Crippen LogP contribution in [0.2, 0.25) is 0 Å². The van der Waals surface area contributed by atoms with Crippen LogP contribution >= 0.6 is 0 Å². The van der Waals surface area contributed by atoms with E-state index >= 15 is 0 Å². The number of aryl methyl sites for hydroxylation is 2. The molecule has 0 aliphatic heterocycles. The molecule has 1 heterocycles. The van der Waals surface area contributed by atoms with E-state index < -0.39 is 0 Å². The van der Waals surface area contributed by atoms with E-state index in [4.69, 9.17) is 0 Å². The van der Waals surface area contributed by atoms with Crippen LogP contribution < -0.4 is 0 Å². The Morgan fingerprint density at radius 1 is 1.00 bits per heavy atom. The van der Waals surface area contributed by atoms with Crippen molar-refractivity contribution in [1.29, 1.82) is 0 Å². The first kappa shape index (κ1) is 15.5. The zero-order valence-electron chi connectivity index (χ0n) is 13.9. The Morgan fingerprint density at radius 3 is 2.39 bits per heavy atom. The highest BCUT2D eigenvalue weighted by Crippen LogP contribution is 2.30. The number of H-pyrrole nitrogens is 1. The second-order valence-electron chi connectivity index (χ2n) is 6.07. The number of carbonyl (C=O) groups excluding carboxylic acids is 1. The highest BCUT2D eigenvalue weighted by molar-refractivity contribution is 6.04. The van der Waals surface area contributed by atoms with Gasteiger partial charge in [-0.15, -0.1) is 0 Å². The fourth-order valence-electron chi connectivity index (χ4n) is 3.05. The number of benzene rings is 2. The van der Waals surface area contributed by atoms with Crippen LogP contribution in [0.15, 0.2) is 42.5 Å². The highest BCUT2D eigenvalue weighted by Gasteiger charge is 2.13. The van der Waals surface area contributed by atoms with Gasteiger partial charge in [0.2, 0.25) is 0 Å². The average molecular weight is 305 g/mol. The summed E-state index contributed by atoms with van der Waals surface area (Å²) in [7, 11) is 0. The standard InChI is InChI=1S/C21H23NO/c1-3-5-6-16-9-12-20-18(13-16)19(14-23)21(22-20)17-10-7-15(4-2)8-11-17/h7-14,22H,3-6H2,1-2H3. The molecule has 0 radical (unpaired) electrons. The lowest BCUT2D eigenvalue weighted by Crippen LogP contribution is -1.87. The molecule has 3 aromatic rings. The molecule has 0 amide bonds. The third-order valence-electron chi connectivity index (χ3n) is 4.49. The van der Waals surface area contributed by atoms with E-state index in [1.165, 1.54) is 24.0 Å². The SMILES string of the molecule is CCCCc1ccc2[nH]c(-c3ccc(CC)cc3)c(C=O)c2c1. The summed E-state index contributed by atoms with van der Waals surface area (Å²) in [6, 6.07) is 14.9. The number of aldehydes is 1. The van der Waals surface area contributed by atoms with Gasteiger partial charge in [-0.3, -0.25) is 4.79 Å². The van der Waals surface area contributed by atoms with E-state index in [1.54, 1.807) is 0 Å². The summed E-state index contributed by atoms with van der Waals surface area (Å²) in [5.41, 5.74) is 6.39. The molecule has 0 bridgehead atoms. The maximum Gasteiger partial charge on any atom is 0.152 e. The number of fused-ring (bicyclic) bond motifs is 1. The Kier molecular flexibility index (Phi) is 4.61. The topological polar surface area (TPSA) is 32.9 Å². The monoisotopic (exact) mass is 305 g/mol. The summed E-state index contributed by atoms with van der Waals surface area (Å²) in [6.45, 7) is 4.34. The minimum atomic E-state index is 0.766. The van der Waals surface area contributed by atoms with Gasteiger partial charge in [0.25, 0.3) is 0 Å². The molecule has 0 aliphatic rings. The number of unbranched alkanes of at least 4 members (excludes halogenated alkanes) is 1. The number of hydrogen-bond donors (Lipinski definition) is 1. The highest BCUT2D eigenvalue weighted by atomic mass is 16.1. The van der Waals surface area contributed by atoms with Crippen LogP contribution in [-0.2, 0) is 12.8 Å². The Morgan fingerprint density at radius 2 is 1.74 bits per heavy atom. The van der Waals surface area contributed by atoms with Gasteiger partial charge in [-0.1, -0.05) is 50.6 Å². The van der Waals surface area contributed by atoms with Crippen LogP contribution in [0, 0.1) is 0 Å². The molecule has 3 rings (SSSR count). The van der Waals surface area contributed by atoms with Crippen molar-refractivity contribution in [3.63, 3.8) is 0 Å². The maximum absolute atomic E-state index is 11.7. The molecule has 0 spiro atoms. The first-order valence-electron chi connectivity index (χ1n) is 8.46. The van der Waals surface area contributed by atoms with Crippen molar-refractivity contribution >= 4 is 17.2 Å². The third-order valence-corrected chi connectivity index (χ3v) is 4.49. The minimum absolute atomic E-state index is 0.766. The number of nitrogens with one attached hydrogen (secondary N) is 1. The molecule has 2 aromatic carbocycles. The van der Waals surface area contributed by atoms with Crippen LogP contribution in [0.1, 0.15) is 48.2 Å². The molecule has 2 nitrogen and oxygen atoms in total. The predicted octanol–water partition coefficient (Wildman–Crippen LogP) is 5.55. The largest absolute Gasteiger partial charge is 0.354 e. The van der Waals surface area contributed by atoms with E-state index in [0.717, 1.165) is 46.9 Å². The molecule has 0 saturated carbocycles. The Bertz CT molecular complexity index is 812. The second-order valence-corrected chi connectivity index (χ2v) is 6.07. The lowest BCUT2D eigenvalue weighted by molar-refractivity contribution is 0.112. The molecule has 1 aromatic heterocycles. The zero-order valence-corrected chi connectivity index (χ0v) is 13.9. The van der Waals surface area contributed by atoms with Gasteiger partial charge >= 0.3 is 0 Å². The lowest BCUT2D eigenvalue weighted by atomic mass is 10.0. The van der Waals surface area contributed by atoms with Gasteiger partial charge in [0.15, 0.2) is 6.29 Å². The van der Waals surface area contributed by atoms with E-state index in [2.05, 4.69) is 61.3 Å². The van der Waals surface area contributed by atoms with Gasteiger partial charge in [0.05, 0.1) is 5.69 Å². The molecular weight excluding hydrogens is 282 g/mol. The number of aromatic nitrogens is 1. The van der Waals surface area contributed by atoms with Crippen LogP contribution in [0.25, 0.3) is 22.2 Å². The maximum atomic E-state index is 11.7. The van der Waals surface area contributed by atoms with Gasteiger partial charge in [-0.25, -0.2) is 0 Å². The van der Waals surface area contributed by atoms with Gasteiger partial charge in [-0.2, -0.15) is 0 Å². The van der Waals surface area contributed by atoms with Crippen LogP contribution in [0.5, 0.6) is 0 Å². The summed E-state index contributed by atoms with van der Waals surface area (Å²) in [6.07, 6.45) is 5.43. The first-order chi connectivity index (χ1) is 11.3. The third kappa shape index (κ3) is 3.07. The van der Waals surface area contributed by atoms with Crippen molar-refractivity contribution in [2.75, 3.05) is 0 Å². The normalized spacial score (nSPS) is 11.0. The second kappa shape index (κ2) is 6.82. The Labute approximate surface area is 137 Å². The van der Waals surface area contributed by atoms with Crippen molar-refractivity contribution in [1.82, 2.24) is 4.98 Å². The van der Waals surface area contributed by atoms with Gasteiger partial charge in [-0.05, 0) is 48.1 Å². The summed E-state index contributed by atoms with van der Waals surface area (Å²) in [4.78, 5) is 15.1. The summed E-state index contributed by atoms with van der Waals surface area (Å²) < 4.78 is 0. The number of rotatable bonds is 6. The molecule has 2 heteroatoms. The predicted molar refractivity (Wildman–Crippen MR) is 97.1 cm³/mol. The van der Waals surface area contributed by atoms with Crippen molar-refractivity contribution in [3.05, 3.63) is 59.2 Å². The minimum Gasteiger partial charge on any atom is -0.354 e. The first-order valence-corrected chi connectivity index (χ1v) is 8.46. The van der Waals surface area contributed by atoms with Gasteiger partial charge in [0, 0.05) is 16.5 Å². The molecule has 0 fully saturated rings. The summed E-state index contributed by atoms with van der Waals surface area (Å²) in [5, 5.41) is 1.03. The molecule has 0 atom stereocenters. The van der Waals surface area contributed by atoms with Gasteiger partial charge in [0.1, 0.15) is 0 Å². The van der Waals surface area contributed by atoms with Crippen LogP contribution in [0.4, 0.5) is 0 Å². The van der Waals surface area contributed by atoms with Crippen molar-refractivity contribution < 1.29 is 4.79 Å². The average Bonchev–Trinajstić information content (AvgIpc) is 2.97. The smallest absolute Gasteiger partial charge is 0.152 e. The van der Waals surface area contributed by atoms with Gasteiger partial charge < -0.3 is 4.98 Å². The molecular formula is C21H23NO. The number of aromatic amines is 1. The van der Waals surface area contributed by atoms with Crippen LogP contribution in [-0.4, -0.2) is 11.3 Å². The van der Waals surface area contributed by atoms with E-state index in [9.17, 15) is 4.79 Å². The molecule has 0 aliphatic carbocycles. The van der Waals surface area contributed by atoms with Crippen molar-refractivity contribution in [3.8, 4) is 11.3 Å². The molecule has 23 heavy (non-hydrogen) atoms. The van der Waals surface area contributed by atoms with E-state index in [1.807, 2.05) is 0 Å².